The van der Waals surface area contributed by atoms with Crippen molar-refractivity contribution in [1.82, 2.24) is 4.98 Å². The molecule has 0 radical (unpaired) electrons. The maximum Gasteiger partial charge on any atom is 0.315 e. The molecule has 2 rings (SSSR count). The van der Waals surface area contributed by atoms with Crippen molar-refractivity contribution in [3.63, 3.8) is 0 Å². The Bertz CT molecular complexity index is 749. The number of esters is 1. The van der Waals surface area contributed by atoms with Crippen LogP contribution >= 0.6 is 23.1 Å². The fourth-order valence-electron chi connectivity index (χ4n) is 2.19. The van der Waals surface area contributed by atoms with E-state index in [9.17, 15) is 9.59 Å². The molecule has 0 unspecified atom stereocenters. The Labute approximate surface area is 162 Å². The Morgan fingerprint density at radius 3 is 2.50 bits per heavy atom. The zero-order valence-corrected chi connectivity index (χ0v) is 17.1. The van der Waals surface area contributed by atoms with Gasteiger partial charge < -0.3 is 10.1 Å². The van der Waals surface area contributed by atoms with Crippen molar-refractivity contribution in [2.75, 3.05) is 23.4 Å². The minimum atomic E-state index is -0.305. The van der Waals surface area contributed by atoms with Crippen molar-refractivity contribution in [3.05, 3.63) is 35.2 Å². The van der Waals surface area contributed by atoms with Gasteiger partial charge in [0.2, 0.25) is 5.91 Å². The lowest BCUT2D eigenvalue weighted by Crippen LogP contribution is -2.16. The van der Waals surface area contributed by atoms with E-state index in [0.717, 1.165) is 11.3 Å². The van der Waals surface area contributed by atoms with Crippen LogP contribution in [0.2, 0.25) is 0 Å². The highest BCUT2D eigenvalue weighted by atomic mass is 32.2. The summed E-state index contributed by atoms with van der Waals surface area (Å²) in [5.74, 6) is -0.123. The molecular weight excluding hydrogens is 368 g/mol. The van der Waals surface area contributed by atoms with Crippen molar-refractivity contribution < 1.29 is 14.3 Å². The summed E-state index contributed by atoms with van der Waals surface area (Å²) in [5.41, 5.74) is 3.24. The van der Waals surface area contributed by atoms with Crippen LogP contribution in [0.5, 0.6) is 0 Å². The fourth-order valence-corrected chi connectivity index (χ4v) is 3.54. The lowest BCUT2D eigenvalue weighted by molar-refractivity contribution is -0.139. The zero-order valence-electron chi connectivity index (χ0n) is 15.5. The number of carbonyl (C=O) groups excluding carboxylic acids is 2. The molecule has 1 aromatic carbocycles. The lowest BCUT2D eigenvalue weighted by Gasteiger charge is -2.18. The molecule has 140 valence electrons. The Kier molecular flexibility index (Phi) is 7.23. The number of amides is 1. The van der Waals surface area contributed by atoms with Crippen molar-refractivity contribution in [1.29, 1.82) is 0 Å². The van der Waals surface area contributed by atoms with Crippen LogP contribution in [0, 0.1) is 0 Å². The largest absolute Gasteiger partial charge is 0.465 e. The van der Waals surface area contributed by atoms with Gasteiger partial charge >= 0.3 is 5.97 Å². The number of ether oxygens (including phenoxy) is 1. The minimum Gasteiger partial charge on any atom is -0.465 e. The molecule has 1 N–H and O–H groups in total. The minimum absolute atomic E-state index is 0.112. The Balaban J connectivity index is 1.89. The van der Waals surface area contributed by atoms with E-state index in [4.69, 9.17) is 4.74 Å². The predicted octanol–water partition coefficient (Wildman–Crippen LogP) is 4.34. The molecule has 0 aliphatic carbocycles. The first-order chi connectivity index (χ1) is 12.3. The summed E-state index contributed by atoms with van der Waals surface area (Å²) in [4.78, 5) is 27.6. The first-order valence-electron chi connectivity index (χ1n) is 8.39. The topological polar surface area (TPSA) is 68.3 Å². The summed E-state index contributed by atoms with van der Waals surface area (Å²) in [7, 11) is 0. The molecule has 7 heteroatoms. The van der Waals surface area contributed by atoms with Gasteiger partial charge in [-0.15, -0.1) is 23.1 Å². The van der Waals surface area contributed by atoms with Crippen LogP contribution in [0.3, 0.4) is 0 Å². The number of hydrogen-bond donors (Lipinski definition) is 1. The predicted molar refractivity (Wildman–Crippen MR) is 109 cm³/mol. The first kappa shape index (κ1) is 20.5. The molecule has 5 nitrogen and oxygen atoms in total. The summed E-state index contributed by atoms with van der Waals surface area (Å²) in [6, 6.07) is 8.32. The second-order valence-corrected chi connectivity index (χ2v) is 8.55. The first-order valence-corrected chi connectivity index (χ1v) is 10.4. The second-order valence-electron chi connectivity index (χ2n) is 6.71. The third kappa shape index (κ3) is 6.14. The van der Waals surface area contributed by atoms with Crippen LogP contribution in [0.4, 0.5) is 5.13 Å². The van der Waals surface area contributed by atoms with Gasteiger partial charge in [0.05, 0.1) is 23.8 Å². The van der Waals surface area contributed by atoms with Crippen LogP contribution < -0.4 is 5.32 Å². The number of rotatable bonds is 7. The highest BCUT2D eigenvalue weighted by molar-refractivity contribution is 8.00. The summed E-state index contributed by atoms with van der Waals surface area (Å²) < 4.78 is 4.82. The second kappa shape index (κ2) is 9.19. The molecule has 0 saturated heterocycles. The Morgan fingerprint density at radius 2 is 1.88 bits per heavy atom. The smallest absolute Gasteiger partial charge is 0.315 e. The quantitative estimate of drug-likeness (QED) is 0.710. The molecule has 0 atom stereocenters. The van der Waals surface area contributed by atoms with Gasteiger partial charge in [0, 0.05) is 10.9 Å². The van der Waals surface area contributed by atoms with Gasteiger partial charge in [-0.05, 0) is 17.9 Å². The molecule has 1 aromatic heterocycles. The number of nitrogens with zero attached hydrogens (tertiary/aromatic N) is 1. The number of carbonyl (C=O) groups is 2. The van der Waals surface area contributed by atoms with Gasteiger partial charge in [0.25, 0.3) is 0 Å². The van der Waals surface area contributed by atoms with E-state index in [0.29, 0.717) is 11.7 Å². The average Bonchev–Trinajstić information content (AvgIpc) is 3.03. The Hall–Kier alpha value is -1.86. The fraction of sp³-hybridized carbons (Fsp3) is 0.421. The highest BCUT2D eigenvalue weighted by Gasteiger charge is 2.14. The van der Waals surface area contributed by atoms with E-state index in [-0.39, 0.29) is 28.8 Å². The average molecular weight is 393 g/mol. The van der Waals surface area contributed by atoms with Crippen molar-refractivity contribution >= 4 is 40.1 Å². The lowest BCUT2D eigenvalue weighted by atomic mass is 9.86. The molecule has 1 amide bonds. The number of aromatic nitrogens is 1. The van der Waals surface area contributed by atoms with Crippen LogP contribution in [0.25, 0.3) is 11.3 Å². The van der Waals surface area contributed by atoms with Gasteiger partial charge in [-0.1, -0.05) is 45.0 Å². The standard InChI is InChI=1S/C19H24N2O3S2/c1-5-24-17(23)12-25-11-16(22)21-18-20-15(10-26-18)13-6-8-14(9-7-13)19(2,3)4/h6-10H,5,11-12H2,1-4H3,(H,20,21,22). The van der Waals surface area contributed by atoms with E-state index in [2.05, 4.69) is 55.3 Å². The van der Waals surface area contributed by atoms with Gasteiger partial charge in [-0.3, -0.25) is 9.59 Å². The molecule has 26 heavy (non-hydrogen) atoms. The maximum atomic E-state index is 11.9. The zero-order chi connectivity index (χ0) is 19.2. The molecule has 0 spiro atoms. The summed E-state index contributed by atoms with van der Waals surface area (Å²) in [6.07, 6.45) is 0. The van der Waals surface area contributed by atoms with Crippen LogP contribution in [0.1, 0.15) is 33.3 Å². The molecule has 0 bridgehead atoms. The number of hydrogen-bond acceptors (Lipinski definition) is 6. The molecule has 0 aliphatic heterocycles. The molecule has 0 aliphatic rings. The van der Waals surface area contributed by atoms with Gasteiger partial charge in [0.15, 0.2) is 5.13 Å². The van der Waals surface area contributed by atoms with Gasteiger partial charge in [-0.25, -0.2) is 4.98 Å². The Morgan fingerprint density at radius 1 is 1.19 bits per heavy atom. The normalized spacial score (nSPS) is 11.2. The van der Waals surface area contributed by atoms with Crippen molar-refractivity contribution in [2.45, 2.75) is 33.1 Å². The van der Waals surface area contributed by atoms with Crippen molar-refractivity contribution in [2.24, 2.45) is 0 Å². The summed E-state index contributed by atoms with van der Waals surface area (Å²) in [5, 5.41) is 5.25. The summed E-state index contributed by atoms with van der Waals surface area (Å²) in [6.45, 7) is 8.64. The molecule has 1 heterocycles. The molecule has 0 saturated carbocycles. The van der Waals surface area contributed by atoms with Gasteiger partial charge in [-0.2, -0.15) is 0 Å². The van der Waals surface area contributed by atoms with E-state index in [1.165, 1.54) is 28.7 Å². The highest BCUT2D eigenvalue weighted by Crippen LogP contribution is 2.28. The number of nitrogens with one attached hydrogen (secondary N) is 1. The third-order valence-corrected chi connectivity index (χ3v) is 5.22. The monoisotopic (exact) mass is 392 g/mol. The number of anilines is 1. The maximum absolute atomic E-state index is 11.9. The van der Waals surface area contributed by atoms with E-state index in [1.807, 2.05) is 5.38 Å². The molecule has 0 fully saturated rings. The van der Waals surface area contributed by atoms with Crippen molar-refractivity contribution in [3.8, 4) is 11.3 Å². The third-order valence-electron chi connectivity index (χ3n) is 3.56. The SMILES string of the molecule is CCOC(=O)CSCC(=O)Nc1nc(-c2ccc(C(C)(C)C)cc2)cs1. The summed E-state index contributed by atoms with van der Waals surface area (Å²) >= 11 is 2.61. The van der Waals surface area contributed by atoms with Gasteiger partial charge in [0.1, 0.15) is 0 Å². The number of thiazole rings is 1. The van der Waals surface area contributed by atoms with Crippen LogP contribution in [-0.2, 0) is 19.7 Å². The van der Waals surface area contributed by atoms with E-state index >= 15 is 0 Å². The number of benzene rings is 1. The van der Waals surface area contributed by atoms with E-state index < -0.39 is 0 Å². The van der Waals surface area contributed by atoms with E-state index in [1.54, 1.807) is 6.92 Å². The van der Waals surface area contributed by atoms with Crippen LogP contribution in [-0.4, -0.2) is 35.0 Å². The van der Waals surface area contributed by atoms with Crippen LogP contribution in [0.15, 0.2) is 29.6 Å². The molecular formula is C19H24N2O3S2. The number of thioether (sulfide) groups is 1. The molecule has 2 aromatic rings.